The maximum atomic E-state index is 13.2. The van der Waals surface area contributed by atoms with Crippen molar-refractivity contribution in [2.75, 3.05) is 31.2 Å². The van der Waals surface area contributed by atoms with Gasteiger partial charge in [0.15, 0.2) is 0 Å². The Kier molecular flexibility index (Phi) is 5.25. The van der Waals surface area contributed by atoms with Crippen molar-refractivity contribution >= 4 is 17.2 Å². The van der Waals surface area contributed by atoms with E-state index >= 15 is 0 Å². The van der Waals surface area contributed by atoms with E-state index < -0.39 is 11.7 Å². The number of nitrogens with one attached hydrogen (secondary N) is 1. The zero-order valence-electron chi connectivity index (χ0n) is 17.5. The number of anilines is 1. The van der Waals surface area contributed by atoms with Crippen molar-refractivity contribution in [2.24, 2.45) is 16.9 Å². The largest absolute Gasteiger partial charge is 0.416 e. The lowest BCUT2D eigenvalue weighted by atomic mass is 9.78. The average molecular weight is 433 g/mol. The first kappa shape index (κ1) is 21.3. The standard InChI is InChI=1S/C22H26F3N5O/c1-13-15(4-3-5-18(13)22(23,24)25)7-29-20(27)17-6-16(8-28-19(17)14(2)26)30-9-21(10-30)11-31-12-21/h3-6,8,29H,7,9-12,26-27H2,1-2H3/b19-14+,20-17+. The first-order chi connectivity index (χ1) is 14.6. The maximum Gasteiger partial charge on any atom is 0.416 e. The van der Waals surface area contributed by atoms with Gasteiger partial charge in [-0.2, -0.15) is 13.2 Å². The van der Waals surface area contributed by atoms with Crippen LogP contribution < -0.4 is 32.3 Å². The molecule has 31 heavy (non-hydrogen) atoms. The molecule has 0 radical (unpaired) electrons. The van der Waals surface area contributed by atoms with Crippen LogP contribution >= 0.6 is 0 Å². The quantitative estimate of drug-likeness (QED) is 0.670. The number of halogens is 3. The highest BCUT2D eigenvalue weighted by Gasteiger charge is 2.49. The van der Waals surface area contributed by atoms with E-state index in [1.165, 1.54) is 13.0 Å². The van der Waals surface area contributed by atoms with E-state index in [0.29, 0.717) is 27.6 Å². The topological polar surface area (TPSA) is 89.4 Å². The number of hydrogen-bond donors (Lipinski definition) is 3. The summed E-state index contributed by atoms with van der Waals surface area (Å²) in [5, 5.41) is 4.24. The number of ether oxygens (including phenoxy) is 1. The third-order valence-corrected chi connectivity index (χ3v) is 5.99. The van der Waals surface area contributed by atoms with Crippen LogP contribution in [0.25, 0.3) is 11.5 Å². The third-order valence-electron chi connectivity index (χ3n) is 5.99. The third kappa shape index (κ3) is 4.01. The molecule has 1 spiro atoms. The summed E-state index contributed by atoms with van der Waals surface area (Å²) in [5.41, 5.74) is 14.1. The lowest BCUT2D eigenvalue weighted by molar-refractivity contribution is -0.138. The van der Waals surface area contributed by atoms with Crippen LogP contribution in [0.5, 0.6) is 0 Å². The van der Waals surface area contributed by atoms with Crippen LogP contribution in [-0.4, -0.2) is 31.3 Å². The Morgan fingerprint density at radius 1 is 1.26 bits per heavy atom. The number of alkyl halides is 3. The molecule has 6 nitrogen and oxygen atoms in total. The summed E-state index contributed by atoms with van der Waals surface area (Å²) in [5.74, 6) is 0.313. The van der Waals surface area contributed by atoms with Crippen LogP contribution in [0.2, 0.25) is 0 Å². The van der Waals surface area contributed by atoms with Gasteiger partial charge in [-0.25, -0.2) is 0 Å². The van der Waals surface area contributed by atoms with E-state index in [0.717, 1.165) is 38.1 Å². The second kappa shape index (κ2) is 7.64. The van der Waals surface area contributed by atoms with Crippen molar-refractivity contribution in [3.05, 3.63) is 57.7 Å². The Labute approximate surface area is 178 Å². The minimum Gasteiger partial charge on any atom is -0.401 e. The van der Waals surface area contributed by atoms with Crippen LogP contribution in [0, 0.1) is 12.3 Å². The van der Waals surface area contributed by atoms with Crippen LogP contribution in [0.4, 0.5) is 18.9 Å². The molecular formula is C22H26F3N5O. The molecular weight excluding hydrogens is 407 g/mol. The monoisotopic (exact) mass is 433 g/mol. The maximum absolute atomic E-state index is 13.2. The van der Waals surface area contributed by atoms with Crippen molar-refractivity contribution in [1.82, 2.24) is 10.3 Å². The van der Waals surface area contributed by atoms with Gasteiger partial charge in [-0.1, -0.05) is 12.1 Å². The second-order valence-corrected chi connectivity index (χ2v) is 8.48. The van der Waals surface area contributed by atoms with E-state index in [4.69, 9.17) is 16.2 Å². The summed E-state index contributed by atoms with van der Waals surface area (Å²) in [6.07, 6.45) is -2.63. The summed E-state index contributed by atoms with van der Waals surface area (Å²) >= 11 is 0. The number of nitrogens with zero attached hydrogens (tertiary/aromatic N) is 2. The van der Waals surface area contributed by atoms with E-state index in [9.17, 15) is 13.2 Å². The van der Waals surface area contributed by atoms with Gasteiger partial charge in [0.25, 0.3) is 0 Å². The molecule has 0 bridgehead atoms. The Hall–Kier alpha value is -2.94. The van der Waals surface area contributed by atoms with Gasteiger partial charge in [0.1, 0.15) is 5.82 Å². The smallest absolute Gasteiger partial charge is 0.401 e. The first-order valence-electron chi connectivity index (χ1n) is 10.0. The second-order valence-electron chi connectivity index (χ2n) is 8.48. The molecule has 166 valence electrons. The highest BCUT2D eigenvalue weighted by Crippen LogP contribution is 2.39. The molecule has 2 aliphatic heterocycles. The number of aromatic nitrogens is 1. The summed E-state index contributed by atoms with van der Waals surface area (Å²) < 4.78 is 44.9. The van der Waals surface area contributed by atoms with Crippen molar-refractivity contribution in [3.8, 4) is 0 Å². The average Bonchev–Trinajstić information content (AvgIpc) is 2.63. The van der Waals surface area contributed by atoms with Gasteiger partial charge in [-0.3, -0.25) is 4.98 Å². The van der Waals surface area contributed by atoms with Gasteiger partial charge in [-0.15, -0.1) is 0 Å². The number of hydrogen-bond acceptors (Lipinski definition) is 6. The summed E-state index contributed by atoms with van der Waals surface area (Å²) in [6.45, 7) is 6.71. The first-order valence-corrected chi connectivity index (χ1v) is 10.0. The van der Waals surface area contributed by atoms with Gasteiger partial charge < -0.3 is 26.4 Å². The van der Waals surface area contributed by atoms with E-state index in [1.807, 2.05) is 6.07 Å². The molecule has 0 unspecified atom stereocenters. The number of pyridine rings is 1. The molecule has 9 heteroatoms. The molecule has 3 heterocycles. The lowest BCUT2D eigenvalue weighted by Gasteiger charge is -2.55. The molecule has 5 N–H and O–H groups in total. The number of nitrogens with two attached hydrogens (primary N) is 2. The van der Waals surface area contributed by atoms with Crippen LogP contribution in [0.1, 0.15) is 23.6 Å². The van der Waals surface area contributed by atoms with Crippen molar-refractivity contribution in [3.63, 3.8) is 0 Å². The van der Waals surface area contributed by atoms with Gasteiger partial charge in [-0.05, 0) is 37.1 Å². The predicted octanol–water partition coefficient (Wildman–Crippen LogP) is 1.15. The van der Waals surface area contributed by atoms with Gasteiger partial charge in [0.2, 0.25) is 0 Å². The summed E-state index contributed by atoms with van der Waals surface area (Å²) in [4.78, 5) is 6.70. The van der Waals surface area contributed by atoms with Crippen LogP contribution in [-0.2, 0) is 17.5 Å². The Balaban J connectivity index is 1.62. The number of rotatable bonds is 4. The van der Waals surface area contributed by atoms with E-state index in [1.54, 1.807) is 19.2 Å². The normalized spacial score (nSPS) is 19.5. The number of benzene rings is 1. The Morgan fingerprint density at radius 3 is 2.55 bits per heavy atom. The van der Waals surface area contributed by atoms with Crippen LogP contribution in [0.3, 0.4) is 0 Å². The van der Waals surface area contributed by atoms with Gasteiger partial charge >= 0.3 is 6.18 Å². The predicted molar refractivity (Wildman–Crippen MR) is 113 cm³/mol. The molecule has 0 saturated carbocycles. The minimum atomic E-state index is -4.40. The fourth-order valence-electron chi connectivity index (χ4n) is 4.13. The molecule has 2 fully saturated rings. The molecule has 2 aromatic rings. The Bertz CT molecular complexity index is 1110. The summed E-state index contributed by atoms with van der Waals surface area (Å²) in [7, 11) is 0. The van der Waals surface area contributed by atoms with Crippen molar-refractivity contribution in [2.45, 2.75) is 26.6 Å². The highest BCUT2D eigenvalue weighted by molar-refractivity contribution is 5.53. The van der Waals surface area contributed by atoms with Gasteiger partial charge in [0.05, 0.1) is 41.4 Å². The van der Waals surface area contributed by atoms with Gasteiger partial charge in [0, 0.05) is 30.5 Å². The van der Waals surface area contributed by atoms with Crippen molar-refractivity contribution in [1.29, 1.82) is 0 Å². The molecule has 1 aromatic carbocycles. The molecule has 0 atom stereocenters. The molecule has 0 aliphatic carbocycles. The zero-order chi connectivity index (χ0) is 22.4. The fraction of sp³-hybridized carbons (Fsp3) is 0.409. The molecule has 0 amide bonds. The molecule has 4 rings (SSSR count). The van der Waals surface area contributed by atoms with Crippen molar-refractivity contribution < 1.29 is 17.9 Å². The molecule has 2 aliphatic rings. The fourth-order valence-corrected chi connectivity index (χ4v) is 4.13. The molecule has 1 aromatic heterocycles. The Morgan fingerprint density at radius 2 is 1.97 bits per heavy atom. The van der Waals surface area contributed by atoms with E-state index in [2.05, 4.69) is 15.2 Å². The SMILES string of the molecule is C/C(N)=c1\ncc(N2CC3(COC3)C2)c\c1=C(\N)NCc1cccc(C(F)(F)F)c1C. The van der Waals surface area contributed by atoms with E-state index in [-0.39, 0.29) is 17.5 Å². The molecule has 2 saturated heterocycles. The zero-order valence-corrected chi connectivity index (χ0v) is 17.5. The van der Waals surface area contributed by atoms with Crippen LogP contribution in [0.15, 0.2) is 30.5 Å². The highest BCUT2D eigenvalue weighted by atomic mass is 19.4. The minimum absolute atomic E-state index is 0.152. The lowest BCUT2D eigenvalue weighted by Crippen LogP contribution is -2.66. The summed E-state index contributed by atoms with van der Waals surface area (Å²) in [6, 6.07) is 6.06.